The summed E-state index contributed by atoms with van der Waals surface area (Å²) in [4.78, 5) is 26.3. The van der Waals surface area contributed by atoms with Gasteiger partial charge in [-0.05, 0) is 44.4 Å². The van der Waals surface area contributed by atoms with Crippen LogP contribution in [0.4, 0.5) is 0 Å². The lowest BCUT2D eigenvalue weighted by atomic mass is 9.89. The lowest BCUT2D eigenvalue weighted by Crippen LogP contribution is -2.40. The third kappa shape index (κ3) is 4.93. The van der Waals surface area contributed by atoms with Crippen LogP contribution in [0.15, 0.2) is 0 Å². The van der Waals surface area contributed by atoms with Crippen molar-refractivity contribution in [1.29, 1.82) is 0 Å². The Kier molecular flexibility index (Phi) is 5.92. The summed E-state index contributed by atoms with van der Waals surface area (Å²) in [6.07, 6.45) is 10.6. The molecule has 0 aliphatic carbocycles. The number of nitrogens with zero attached hydrogens (tertiary/aromatic N) is 1. The van der Waals surface area contributed by atoms with Gasteiger partial charge in [0.2, 0.25) is 11.8 Å². The number of rotatable bonds is 5. The molecule has 130 valence electrons. The second-order valence-electron chi connectivity index (χ2n) is 7.57. The second-order valence-corrected chi connectivity index (χ2v) is 7.57. The monoisotopic (exact) mass is 321 g/mol. The van der Waals surface area contributed by atoms with Crippen molar-refractivity contribution in [3.8, 4) is 0 Å². The predicted molar refractivity (Wildman–Crippen MR) is 90.0 cm³/mol. The van der Waals surface area contributed by atoms with Gasteiger partial charge in [-0.25, -0.2) is 0 Å². The summed E-state index contributed by atoms with van der Waals surface area (Å²) < 4.78 is 0. The van der Waals surface area contributed by atoms with E-state index in [9.17, 15) is 9.59 Å². The van der Waals surface area contributed by atoms with Crippen molar-refractivity contribution in [2.24, 2.45) is 5.92 Å². The van der Waals surface area contributed by atoms with Gasteiger partial charge < -0.3 is 15.5 Å². The highest BCUT2D eigenvalue weighted by atomic mass is 16.2. The van der Waals surface area contributed by atoms with Gasteiger partial charge in [0.15, 0.2) is 0 Å². The zero-order valence-corrected chi connectivity index (χ0v) is 14.2. The second kappa shape index (κ2) is 8.13. The van der Waals surface area contributed by atoms with Gasteiger partial charge in [-0.2, -0.15) is 0 Å². The molecule has 0 spiro atoms. The Morgan fingerprint density at radius 1 is 1.00 bits per heavy atom. The highest BCUT2D eigenvalue weighted by molar-refractivity contribution is 5.79. The van der Waals surface area contributed by atoms with Crippen LogP contribution in [0.2, 0.25) is 0 Å². The van der Waals surface area contributed by atoms with Gasteiger partial charge in [-0.3, -0.25) is 9.59 Å². The molecular weight excluding hydrogens is 290 g/mol. The quantitative estimate of drug-likeness (QED) is 0.812. The van der Waals surface area contributed by atoms with Crippen LogP contribution in [-0.4, -0.2) is 48.4 Å². The molecule has 0 saturated carbocycles. The first-order chi connectivity index (χ1) is 11.2. The van der Waals surface area contributed by atoms with E-state index < -0.39 is 0 Å². The molecule has 0 aromatic rings. The molecule has 0 aromatic heterocycles. The van der Waals surface area contributed by atoms with E-state index >= 15 is 0 Å². The molecule has 5 nitrogen and oxygen atoms in total. The maximum Gasteiger partial charge on any atom is 0.224 e. The molecule has 2 amide bonds. The average Bonchev–Trinajstić information content (AvgIpc) is 2.75. The molecule has 3 rings (SSSR count). The fraction of sp³-hybridized carbons (Fsp3) is 0.889. The Labute approximate surface area is 139 Å². The SMILES string of the molecule is O=C(CC1CC2CCC(C1)N2)NCCC(=O)N1CCCCCC1. The van der Waals surface area contributed by atoms with Crippen LogP contribution in [0.3, 0.4) is 0 Å². The van der Waals surface area contributed by atoms with E-state index in [1.54, 1.807) is 0 Å². The molecule has 3 saturated heterocycles. The molecule has 3 aliphatic rings. The van der Waals surface area contributed by atoms with Crippen molar-refractivity contribution in [2.45, 2.75) is 76.3 Å². The van der Waals surface area contributed by atoms with Crippen LogP contribution < -0.4 is 10.6 Å². The Bertz CT molecular complexity index is 406. The summed E-state index contributed by atoms with van der Waals surface area (Å²) in [6.45, 7) is 2.28. The topological polar surface area (TPSA) is 61.4 Å². The molecule has 2 unspecified atom stereocenters. The molecular formula is C18H31N3O2. The highest BCUT2D eigenvalue weighted by Gasteiger charge is 2.34. The summed E-state index contributed by atoms with van der Waals surface area (Å²) in [6, 6.07) is 1.27. The van der Waals surface area contributed by atoms with Crippen LogP contribution in [0.5, 0.6) is 0 Å². The summed E-state index contributed by atoms with van der Waals surface area (Å²) >= 11 is 0. The molecule has 0 aromatic carbocycles. The van der Waals surface area contributed by atoms with E-state index in [-0.39, 0.29) is 11.8 Å². The maximum atomic E-state index is 12.2. The molecule has 2 bridgehead atoms. The van der Waals surface area contributed by atoms with Gasteiger partial charge in [-0.1, -0.05) is 12.8 Å². The number of piperidine rings is 1. The van der Waals surface area contributed by atoms with E-state index in [2.05, 4.69) is 10.6 Å². The normalized spacial score (nSPS) is 30.8. The number of nitrogens with one attached hydrogen (secondary N) is 2. The lowest BCUT2D eigenvalue weighted by molar-refractivity contribution is -0.131. The van der Waals surface area contributed by atoms with Crippen molar-refractivity contribution in [3.63, 3.8) is 0 Å². The fourth-order valence-electron chi connectivity index (χ4n) is 4.46. The molecule has 3 heterocycles. The van der Waals surface area contributed by atoms with Gasteiger partial charge in [-0.15, -0.1) is 0 Å². The first-order valence-corrected chi connectivity index (χ1v) is 9.51. The molecule has 3 fully saturated rings. The Balaban J connectivity index is 1.32. The summed E-state index contributed by atoms with van der Waals surface area (Å²) in [5.74, 6) is 0.849. The number of carbonyl (C=O) groups excluding carboxylic acids is 2. The van der Waals surface area contributed by atoms with Gasteiger partial charge in [0.25, 0.3) is 0 Å². The number of hydrogen-bond donors (Lipinski definition) is 2. The molecule has 5 heteroatoms. The summed E-state index contributed by atoms with van der Waals surface area (Å²) in [7, 11) is 0. The third-order valence-corrected chi connectivity index (χ3v) is 5.66. The minimum Gasteiger partial charge on any atom is -0.356 e. The van der Waals surface area contributed by atoms with Crippen molar-refractivity contribution in [2.75, 3.05) is 19.6 Å². The highest BCUT2D eigenvalue weighted by Crippen LogP contribution is 2.32. The predicted octanol–water partition coefficient (Wildman–Crippen LogP) is 1.82. The number of hydrogen-bond acceptors (Lipinski definition) is 3. The van der Waals surface area contributed by atoms with Gasteiger partial charge >= 0.3 is 0 Å². The van der Waals surface area contributed by atoms with Gasteiger partial charge in [0.05, 0.1) is 0 Å². The zero-order valence-electron chi connectivity index (χ0n) is 14.2. The number of carbonyl (C=O) groups is 2. The van der Waals surface area contributed by atoms with E-state index in [0.717, 1.165) is 38.8 Å². The third-order valence-electron chi connectivity index (χ3n) is 5.66. The minimum atomic E-state index is 0.125. The van der Waals surface area contributed by atoms with Gasteiger partial charge in [0, 0.05) is 44.6 Å². The van der Waals surface area contributed by atoms with Crippen molar-refractivity contribution in [3.05, 3.63) is 0 Å². The smallest absolute Gasteiger partial charge is 0.224 e. The summed E-state index contributed by atoms with van der Waals surface area (Å²) in [5.41, 5.74) is 0. The molecule has 2 atom stereocenters. The molecule has 3 aliphatic heterocycles. The molecule has 0 radical (unpaired) electrons. The average molecular weight is 321 g/mol. The fourth-order valence-corrected chi connectivity index (χ4v) is 4.46. The molecule has 23 heavy (non-hydrogen) atoms. The zero-order chi connectivity index (χ0) is 16.1. The van der Waals surface area contributed by atoms with E-state index in [0.29, 0.717) is 37.4 Å². The van der Waals surface area contributed by atoms with Crippen LogP contribution in [0.1, 0.15) is 64.2 Å². The number of likely N-dealkylation sites (tertiary alicyclic amines) is 1. The van der Waals surface area contributed by atoms with Crippen molar-refractivity contribution < 1.29 is 9.59 Å². The van der Waals surface area contributed by atoms with Crippen LogP contribution in [0, 0.1) is 5.92 Å². The largest absolute Gasteiger partial charge is 0.356 e. The number of fused-ring (bicyclic) bond motifs is 2. The first kappa shape index (κ1) is 16.7. The van der Waals surface area contributed by atoms with Gasteiger partial charge in [0.1, 0.15) is 0 Å². The molecule has 2 N–H and O–H groups in total. The van der Waals surface area contributed by atoms with E-state index in [1.807, 2.05) is 4.90 Å². The lowest BCUT2D eigenvalue weighted by Gasteiger charge is -2.28. The Morgan fingerprint density at radius 3 is 2.30 bits per heavy atom. The van der Waals surface area contributed by atoms with Crippen LogP contribution in [-0.2, 0) is 9.59 Å². The summed E-state index contributed by atoms with van der Waals surface area (Å²) in [5, 5.41) is 6.57. The Hall–Kier alpha value is -1.10. The minimum absolute atomic E-state index is 0.125. The maximum absolute atomic E-state index is 12.2. The van der Waals surface area contributed by atoms with E-state index in [4.69, 9.17) is 0 Å². The Morgan fingerprint density at radius 2 is 1.65 bits per heavy atom. The van der Waals surface area contributed by atoms with Crippen LogP contribution in [0.25, 0.3) is 0 Å². The first-order valence-electron chi connectivity index (χ1n) is 9.51. The van der Waals surface area contributed by atoms with Crippen molar-refractivity contribution in [1.82, 2.24) is 15.5 Å². The van der Waals surface area contributed by atoms with E-state index in [1.165, 1.54) is 25.7 Å². The van der Waals surface area contributed by atoms with Crippen LogP contribution >= 0.6 is 0 Å². The van der Waals surface area contributed by atoms with Crippen molar-refractivity contribution >= 4 is 11.8 Å². The number of amides is 2. The standard InChI is InChI=1S/C18H31N3O2/c22-17(13-14-11-15-5-6-16(12-14)20-15)19-8-7-18(23)21-9-3-1-2-4-10-21/h14-16,20H,1-13H2,(H,19,22).